The van der Waals surface area contributed by atoms with Gasteiger partial charge in [0.2, 0.25) is 0 Å². The first-order chi connectivity index (χ1) is 7.33. The summed E-state index contributed by atoms with van der Waals surface area (Å²) in [4.78, 5) is 13.5. The third-order valence-corrected chi connectivity index (χ3v) is 3.65. The first kappa shape index (κ1) is 13.7. The Kier molecular flexibility index (Phi) is 4.53. The highest BCUT2D eigenvalue weighted by atomic mass is 32.2. The molecule has 0 radical (unpaired) electrons. The zero-order chi connectivity index (χ0) is 12.3. The molecule has 0 aromatic carbocycles. The van der Waals surface area contributed by atoms with Gasteiger partial charge in [0.25, 0.3) is 0 Å². The molecule has 1 amide bonds. The second-order valence-corrected chi connectivity index (χ2v) is 6.45. The first-order valence-corrected chi connectivity index (χ1v) is 7.17. The van der Waals surface area contributed by atoms with Crippen molar-refractivity contribution < 1.29 is 9.53 Å². The van der Waals surface area contributed by atoms with Gasteiger partial charge in [0.1, 0.15) is 5.60 Å². The summed E-state index contributed by atoms with van der Waals surface area (Å²) in [6.45, 7) is 5.70. The molecule has 0 saturated heterocycles. The molecular weight excluding hydrogens is 222 g/mol. The minimum atomic E-state index is -0.395. The average Bonchev–Trinajstić information content (AvgIpc) is 2.06. The van der Waals surface area contributed by atoms with Crippen LogP contribution in [0.4, 0.5) is 4.79 Å². The van der Waals surface area contributed by atoms with Crippen molar-refractivity contribution in [2.45, 2.75) is 45.3 Å². The Hall–Kier alpha value is -0.380. The average molecular weight is 245 g/mol. The molecule has 16 heavy (non-hydrogen) atoms. The van der Waals surface area contributed by atoms with E-state index >= 15 is 0 Å². The van der Waals surface area contributed by atoms with E-state index in [2.05, 4.69) is 6.26 Å². The fourth-order valence-corrected chi connectivity index (χ4v) is 2.62. The fraction of sp³-hybridized carbons (Fsp3) is 0.917. The van der Waals surface area contributed by atoms with Crippen molar-refractivity contribution in [2.75, 3.05) is 19.1 Å². The Morgan fingerprint density at radius 3 is 2.44 bits per heavy atom. The normalized spacial score (nSPS) is 24.8. The van der Waals surface area contributed by atoms with Gasteiger partial charge in [-0.05, 0) is 51.5 Å². The molecule has 0 atom stereocenters. The van der Waals surface area contributed by atoms with Gasteiger partial charge in [-0.3, -0.25) is 0 Å². The Morgan fingerprint density at radius 1 is 1.44 bits per heavy atom. The highest BCUT2D eigenvalue weighted by molar-refractivity contribution is 7.98. The van der Waals surface area contributed by atoms with Crippen molar-refractivity contribution in [1.29, 1.82) is 0 Å². The largest absolute Gasteiger partial charge is 0.444 e. The molecule has 1 saturated carbocycles. The molecule has 0 unspecified atom stereocenters. The van der Waals surface area contributed by atoms with E-state index in [1.807, 2.05) is 39.6 Å². The topological polar surface area (TPSA) is 29.5 Å². The zero-order valence-corrected chi connectivity index (χ0v) is 11.8. The van der Waals surface area contributed by atoms with Gasteiger partial charge in [0.15, 0.2) is 0 Å². The first-order valence-electron chi connectivity index (χ1n) is 5.78. The van der Waals surface area contributed by atoms with Crippen LogP contribution in [0, 0.1) is 5.92 Å². The van der Waals surface area contributed by atoms with Crippen molar-refractivity contribution in [1.82, 2.24) is 4.90 Å². The summed E-state index contributed by atoms with van der Waals surface area (Å²) in [6, 6.07) is 0.381. The van der Waals surface area contributed by atoms with Crippen LogP contribution in [0.15, 0.2) is 0 Å². The van der Waals surface area contributed by atoms with Crippen LogP contribution in [0.1, 0.15) is 33.6 Å². The van der Waals surface area contributed by atoms with Crippen LogP contribution in [0.25, 0.3) is 0 Å². The Morgan fingerprint density at radius 2 is 2.00 bits per heavy atom. The van der Waals surface area contributed by atoms with Crippen molar-refractivity contribution in [3.05, 3.63) is 0 Å². The molecule has 1 fully saturated rings. The van der Waals surface area contributed by atoms with Crippen molar-refractivity contribution in [2.24, 2.45) is 5.92 Å². The summed E-state index contributed by atoms with van der Waals surface area (Å²) in [5, 5.41) is 0. The number of thioether (sulfide) groups is 1. The second kappa shape index (κ2) is 5.30. The van der Waals surface area contributed by atoms with Crippen molar-refractivity contribution >= 4 is 17.9 Å². The quantitative estimate of drug-likeness (QED) is 0.765. The predicted octanol–water partition coefficient (Wildman–Crippen LogP) is 2.99. The second-order valence-electron chi connectivity index (χ2n) is 5.54. The molecular formula is C12H23NO2S. The lowest BCUT2D eigenvalue weighted by Gasteiger charge is -2.41. The molecule has 1 aliphatic carbocycles. The van der Waals surface area contributed by atoms with Gasteiger partial charge in [-0.2, -0.15) is 11.8 Å². The lowest BCUT2D eigenvalue weighted by atomic mass is 9.81. The summed E-state index contributed by atoms with van der Waals surface area (Å²) in [5.74, 6) is 1.99. The van der Waals surface area contributed by atoms with Crippen molar-refractivity contribution in [3.63, 3.8) is 0 Å². The summed E-state index contributed by atoms with van der Waals surface area (Å²) in [5.41, 5.74) is -0.395. The fourth-order valence-electron chi connectivity index (χ4n) is 1.87. The molecule has 1 rings (SSSR count). The van der Waals surface area contributed by atoms with Gasteiger partial charge in [0, 0.05) is 13.1 Å². The van der Waals surface area contributed by atoms with Crippen LogP contribution in [0.3, 0.4) is 0 Å². The number of rotatable bonds is 3. The van der Waals surface area contributed by atoms with E-state index in [1.165, 1.54) is 5.75 Å². The van der Waals surface area contributed by atoms with Crippen LogP contribution in [0.2, 0.25) is 0 Å². The Labute approximate surface area is 103 Å². The van der Waals surface area contributed by atoms with Gasteiger partial charge in [-0.25, -0.2) is 4.79 Å². The van der Waals surface area contributed by atoms with Gasteiger partial charge in [-0.15, -0.1) is 0 Å². The van der Waals surface area contributed by atoms with Gasteiger partial charge < -0.3 is 9.64 Å². The molecule has 0 bridgehead atoms. The summed E-state index contributed by atoms with van der Waals surface area (Å²) in [7, 11) is 1.84. The molecule has 1 aliphatic rings. The molecule has 94 valence electrons. The maximum absolute atomic E-state index is 11.8. The zero-order valence-electron chi connectivity index (χ0n) is 10.9. The summed E-state index contributed by atoms with van der Waals surface area (Å²) in [6.07, 6.45) is 4.18. The molecule has 0 heterocycles. The van der Waals surface area contributed by atoms with Crippen LogP contribution >= 0.6 is 11.8 Å². The molecule has 4 heteroatoms. The maximum atomic E-state index is 11.8. The molecule has 0 aromatic rings. The number of amides is 1. The molecule has 0 N–H and O–H groups in total. The molecule has 0 spiro atoms. The lowest BCUT2D eigenvalue weighted by Crippen LogP contribution is -2.47. The molecule has 0 aliphatic heterocycles. The third kappa shape index (κ3) is 3.89. The standard InChI is InChI=1S/C12H23NO2S/c1-12(2,3)15-11(14)13(4)10-6-9(7-10)8-16-5/h9-10H,6-8H2,1-5H3. The van der Waals surface area contributed by atoms with E-state index in [0.29, 0.717) is 6.04 Å². The van der Waals surface area contributed by atoms with E-state index in [1.54, 1.807) is 4.90 Å². The molecule has 3 nitrogen and oxygen atoms in total. The van der Waals surface area contributed by atoms with Crippen LogP contribution in [-0.4, -0.2) is 41.7 Å². The number of hydrogen-bond acceptors (Lipinski definition) is 3. The summed E-state index contributed by atoms with van der Waals surface area (Å²) >= 11 is 1.88. The van der Waals surface area contributed by atoms with E-state index in [0.717, 1.165) is 18.8 Å². The Balaban J connectivity index is 2.31. The SMILES string of the molecule is CSCC1CC(N(C)C(=O)OC(C)(C)C)C1. The van der Waals surface area contributed by atoms with Gasteiger partial charge in [0.05, 0.1) is 0 Å². The van der Waals surface area contributed by atoms with Crippen LogP contribution in [-0.2, 0) is 4.74 Å². The summed E-state index contributed by atoms with van der Waals surface area (Å²) < 4.78 is 5.33. The third-order valence-electron chi connectivity index (χ3n) is 2.84. The highest BCUT2D eigenvalue weighted by Gasteiger charge is 2.35. The van der Waals surface area contributed by atoms with Crippen LogP contribution in [0.5, 0.6) is 0 Å². The monoisotopic (exact) mass is 245 g/mol. The maximum Gasteiger partial charge on any atom is 0.410 e. The number of carbonyl (C=O) groups excluding carboxylic acids is 1. The Bertz CT molecular complexity index is 244. The van der Waals surface area contributed by atoms with Crippen LogP contribution < -0.4 is 0 Å². The van der Waals surface area contributed by atoms with Gasteiger partial charge >= 0.3 is 6.09 Å². The number of carbonyl (C=O) groups is 1. The molecule has 0 aromatic heterocycles. The van der Waals surface area contributed by atoms with E-state index in [9.17, 15) is 4.79 Å². The number of hydrogen-bond donors (Lipinski definition) is 0. The van der Waals surface area contributed by atoms with Crippen molar-refractivity contribution in [3.8, 4) is 0 Å². The smallest absolute Gasteiger partial charge is 0.410 e. The van der Waals surface area contributed by atoms with E-state index in [4.69, 9.17) is 4.74 Å². The van der Waals surface area contributed by atoms with E-state index < -0.39 is 5.60 Å². The lowest BCUT2D eigenvalue weighted by molar-refractivity contribution is 0.00849. The number of ether oxygens (including phenoxy) is 1. The van der Waals surface area contributed by atoms with Gasteiger partial charge in [-0.1, -0.05) is 0 Å². The minimum absolute atomic E-state index is 0.194. The number of nitrogens with zero attached hydrogens (tertiary/aromatic N) is 1. The minimum Gasteiger partial charge on any atom is -0.444 e. The highest BCUT2D eigenvalue weighted by Crippen LogP contribution is 2.33. The predicted molar refractivity (Wildman–Crippen MR) is 68.9 cm³/mol. The van der Waals surface area contributed by atoms with E-state index in [-0.39, 0.29) is 6.09 Å².